The van der Waals surface area contributed by atoms with Gasteiger partial charge < -0.3 is 9.47 Å². The van der Waals surface area contributed by atoms with Crippen molar-refractivity contribution in [3.8, 4) is 5.88 Å². The molecule has 2 rings (SSSR count). The van der Waals surface area contributed by atoms with Gasteiger partial charge in [-0.15, -0.1) is 0 Å². The molecule has 122 valence electrons. The Labute approximate surface area is 137 Å². The molecular weight excluding hydrogens is 290 g/mol. The van der Waals surface area contributed by atoms with Crippen LogP contribution in [0.25, 0.3) is 0 Å². The van der Waals surface area contributed by atoms with Crippen molar-refractivity contribution in [3.05, 3.63) is 60.3 Å². The van der Waals surface area contributed by atoms with Gasteiger partial charge in [0.05, 0.1) is 0 Å². The smallest absolute Gasteiger partial charge is 0.428 e. The highest BCUT2D eigenvalue weighted by Crippen LogP contribution is 2.20. The Kier molecular flexibility index (Phi) is 6.15. The summed E-state index contributed by atoms with van der Waals surface area (Å²) in [4.78, 5) is 15.7. The molecule has 0 spiro atoms. The van der Waals surface area contributed by atoms with Gasteiger partial charge in [-0.3, -0.25) is 0 Å². The van der Waals surface area contributed by atoms with Crippen molar-refractivity contribution in [2.75, 3.05) is 0 Å². The largest absolute Gasteiger partial charge is 0.515 e. The molecule has 23 heavy (non-hydrogen) atoms. The van der Waals surface area contributed by atoms with Gasteiger partial charge >= 0.3 is 6.16 Å². The summed E-state index contributed by atoms with van der Waals surface area (Å²) in [7, 11) is 0. The summed E-state index contributed by atoms with van der Waals surface area (Å²) in [5, 5.41) is 0. The molecule has 1 heterocycles. The molecule has 0 radical (unpaired) electrons. The van der Waals surface area contributed by atoms with Gasteiger partial charge in [0.1, 0.15) is 5.60 Å². The van der Waals surface area contributed by atoms with Crippen LogP contribution in [0.1, 0.15) is 38.7 Å². The zero-order chi connectivity index (χ0) is 16.5. The molecule has 0 aliphatic carbocycles. The molecule has 0 bridgehead atoms. The second kappa shape index (κ2) is 8.32. The van der Waals surface area contributed by atoms with Crippen LogP contribution in [0.3, 0.4) is 0 Å². The maximum atomic E-state index is 11.8. The summed E-state index contributed by atoms with van der Waals surface area (Å²) in [5.41, 5.74) is 0.781. The van der Waals surface area contributed by atoms with Gasteiger partial charge in [-0.2, -0.15) is 0 Å². The predicted octanol–water partition coefficient (Wildman–Crippen LogP) is 4.79. The van der Waals surface area contributed by atoms with Crippen LogP contribution in [0.4, 0.5) is 4.79 Å². The van der Waals surface area contributed by atoms with E-state index in [1.807, 2.05) is 19.9 Å². The summed E-state index contributed by atoms with van der Waals surface area (Å²) in [6.45, 7) is 3.80. The van der Waals surface area contributed by atoms with Crippen molar-refractivity contribution < 1.29 is 14.3 Å². The number of ether oxygens (including phenoxy) is 2. The third-order valence-corrected chi connectivity index (χ3v) is 3.52. The number of aromatic nitrogens is 1. The van der Waals surface area contributed by atoms with E-state index in [9.17, 15) is 4.79 Å². The van der Waals surface area contributed by atoms with Crippen molar-refractivity contribution in [2.45, 2.75) is 45.1 Å². The van der Waals surface area contributed by atoms with Crippen LogP contribution in [-0.4, -0.2) is 16.7 Å². The van der Waals surface area contributed by atoms with Crippen molar-refractivity contribution in [1.82, 2.24) is 4.98 Å². The van der Waals surface area contributed by atoms with Gasteiger partial charge in [0, 0.05) is 12.3 Å². The summed E-state index contributed by atoms with van der Waals surface area (Å²) in [6, 6.07) is 15.5. The predicted molar refractivity (Wildman–Crippen MR) is 89.4 cm³/mol. The number of rotatable bonds is 7. The fourth-order valence-corrected chi connectivity index (χ4v) is 2.31. The van der Waals surface area contributed by atoms with Gasteiger partial charge in [0.2, 0.25) is 5.88 Å². The number of hydrogen-bond donors (Lipinski definition) is 0. The van der Waals surface area contributed by atoms with Gasteiger partial charge in [0.15, 0.2) is 0 Å². The molecule has 0 fully saturated rings. The highest BCUT2D eigenvalue weighted by molar-refractivity contribution is 5.63. The Morgan fingerprint density at radius 3 is 2.48 bits per heavy atom. The number of pyridine rings is 1. The Morgan fingerprint density at radius 1 is 1.04 bits per heavy atom. The number of carbonyl (C=O) groups excluding carboxylic acids is 1. The topological polar surface area (TPSA) is 48.4 Å². The first-order valence-corrected chi connectivity index (χ1v) is 7.91. The Bertz CT molecular complexity index is 597. The first kappa shape index (κ1) is 17.0. The normalized spacial score (nSPS) is 11.0. The lowest BCUT2D eigenvalue weighted by Crippen LogP contribution is -2.29. The van der Waals surface area contributed by atoms with Gasteiger partial charge in [-0.05, 0) is 51.2 Å². The second-order valence-electron chi connectivity index (χ2n) is 6.07. The molecule has 0 saturated carbocycles. The zero-order valence-corrected chi connectivity index (χ0v) is 13.7. The maximum absolute atomic E-state index is 11.8. The van der Waals surface area contributed by atoms with Gasteiger partial charge in [-0.1, -0.05) is 36.4 Å². The number of aryl methyl sites for hydroxylation is 1. The first-order chi connectivity index (χ1) is 11.1. The average molecular weight is 313 g/mol. The van der Waals surface area contributed by atoms with Crippen molar-refractivity contribution in [3.63, 3.8) is 0 Å². The van der Waals surface area contributed by atoms with E-state index in [0.29, 0.717) is 0 Å². The lowest BCUT2D eigenvalue weighted by atomic mass is 9.99. The maximum Gasteiger partial charge on any atom is 0.515 e. The summed E-state index contributed by atoms with van der Waals surface area (Å²) in [6.07, 6.45) is 4.73. The van der Waals surface area contributed by atoms with E-state index in [-0.39, 0.29) is 5.88 Å². The highest BCUT2D eigenvalue weighted by Gasteiger charge is 2.24. The molecule has 0 aliphatic heterocycles. The summed E-state index contributed by atoms with van der Waals surface area (Å²) < 4.78 is 10.4. The molecule has 0 N–H and O–H groups in total. The number of nitrogens with zero attached hydrogens (tertiary/aromatic N) is 1. The van der Waals surface area contributed by atoms with Crippen LogP contribution >= 0.6 is 0 Å². The number of unbranched alkanes of at least 4 members (excludes halogenated alkanes) is 1. The molecule has 0 aliphatic rings. The summed E-state index contributed by atoms with van der Waals surface area (Å²) in [5.74, 6) is 0.248. The van der Waals surface area contributed by atoms with Crippen LogP contribution < -0.4 is 4.74 Å². The second-order valence-corrected chi connectivity index (χ2v) is 6.07. The van der Waals surface area contributed by atoms with E-state index < -0.39 is 11.8 Å². The van der Waals surface area contributed by atoms with Crippen LogP contribution in [-0.2, 0) is 11.2 Å². The Balaban J connectivity index is 1.70. The zero-order valence-electron chi connectivity index (χ0n) is 13.7. The fourth-order valence-electron chi connectivity index (χ4n) is 2.31. The minimum Gasteiger partial charge on any atom is -0.428 e. The molecule has 1 aromatic carbocycles. The highest BCUT2D eigenvalue weighted by atomic mass is 16.7. The lowest BCUT2D eigenvalue weighted by Gasteiger charge is -2.24. The van der Waals surface area contributed by atoms with E-state index >= 15 is 0 Å². The van der Waals surface area contributed by atoms with Crippen LogP contribution in [0.2, 0.25) is 0 Å². The minimum atomic E-state index is -0.711. The van der Waals surface area contributed by atoms with E-state index in [1.54, 1.807) is 24.4 Å². The fraction of sp³-hybridized carbons (Fsp3) is 0.368. The third kappa shape index (κ3) is 6.51. The van der Waals surface area contributed by atoms with Crippen molar-refractivity contribution in [1.29, 1.82) is 0 Å². The van der Waals surface area contributed by atoms with E-state index in [0.717, 1.165) is 25.7 Å². The monoisotopic (exact) mass is 313 g/mol. The minimum absolute atomic E-state index is 0.248. The van der Waals surface area contributed by atoms with E-state index in [2.05, 4.69) is 29.2 Å². The van der Waals surface area contributed by atoms with E-state index in [4.69, 9.17) is 9.47 Å². The van der Waals surface area contributed by atoms with E-state index in [1.165, 1.54) is 5.56 Å². The molecule has 2 aromatic rings. The SMILES string of the molecule is CC(C)(CCCCc1ccccc1)OC(=O)Oc1ccccn1. The standard InChI is InChI=1S/C19H23NO3/c1-19(2,14-8-6-12-16-10-4-3-5-11-16)23-18(21)22-17-13-7-9-15-20-17/h3-5,7,9-11,13,15H,6,8,12,14H2,1-2H3. The van der Waals surface area contributed by atoms with Crippen molar-refractivity contribution >= 4 is 6.16 Å². The number of hydrogen-bond acceptors (Lipinski definition) is 4. The van der Waals surface area contributed by atoms with Crippen molar-refractivity contribution in [2.24, 2.45) is 0 Å². The van der Waals surface area contributed by atoms with Crippen LogP contribution in [0.15, 0.2) is 54.7 Å². The van der Waals surface area contributed by atoms with Crippen LogP contribution in [0.5, 0.6) is 5.88 Å². The molecular formula is C19H23NO3. The Hall–Kier alpha value is -2.36. The summed E-state index contributed by atoms with van der Waals surface area (Å²) >= 11 is 0. The molecule has 4 nitrogen and oxygen atoms in total. The molecule has 0 unspecified atom stereocenters. The number of carbonyl (C=O) groups is 1. The first-order valence-electron chi connectivity index (χ1n) is 7.91. The number of benzene rings is 1. The third-order valence-electron chi connectivity index (χ3n) is 3.52. The lowest BCUT2D eigenvalue weighted by molar-refractivity contribution is 0.00209. The quantitative estimate of drug-likeness (QED) is 0.545. The molecule has 0 amide bonds. The molecule has 1 aromatic heterocycles. The molecule has 0 atom stereocenters. The van der Waals surface area contributed by atoms with Crippen LogP contribution in [0, 0.1) is 0 Å². The van der Waals surface area contributed by atoms with Gasteiger partial charge in [0.25, 0.3) is 0 Å². The Morgan fingerprint density at radius 2 is 1.78 bits per heavy atom. The average Bonchev–Trinajstić information content (AvgIpc) is 2.53. The molecule has 4 heteroatoms. The van der Waals surface area contributed by atoms with Gasteiger partial charge in [-0.25, -0.2) is 9.78 Å². The molecule has 0 saturated heterocycles.